The van der Waals surface area contributed by atoms with E-state index >= 15 is 0 Å². The summed E-state index contributed by atoms with van der Waals surface area (Å²) in [7, 11) is 0. The highest BCUT2D eigenvalue weighted by Gasteiger charge is 2.23. The average molecular weight is 743 g/mol. The summed E-state index contributed by atoms with van der Waals surface area (Å²) in [5.41, 5.74) is 18.9. The van der Waals surface area contributed by atoms with Crippen molar-refractivity contribution in [1.29, 1.82) is 0 Å². The van der Waals surface area contributed by atoms with Gasteiger partial charge in [0.25, 0.3) is 0 Å². The first kappa shape index (κ1) is 35.0. The number of hydrogen-bond acceptors (Lipinski definition) is 1. The summed E-state index contributed by atoms with van der Waals surface area (Å²) in [5.74, 6) is 0. The van der Waals surface area contributed by atoms with Gasteiger partial charge in [0.15, 0.2) is 0 Å². The molecule has 1 aromatic heterocycles. The van der Waals surface area contributed by atoms with Crippen molar-refractivity contribution in [3.8, 4) is 50.2 Å². The fourth-order valence-electron chi connectivity index (χ4n) is 8.52. The maximum atomic E-state index is 2.47. The smallest absolute Gasteiger partial charge is 0.0562 e. The van der Waals surface area contributed by atoms with Crippen molar-refractivity contribution in [1.82, 2.24) is 4.57 Å². The lowest BCUT2D eigenvalue weighted by molar-refractivity contribution is 1.18. The van der Waals surface area contributed by atoms with Crippen molar-refractivity contribution in [3.05, 3.63) is 230 Å². The second-order valence-corrected chi connectivity index (χ2v) is 15.2. The van der Waals surface area contributed by atoms with Gasteiger partial charge in [-0.15, -0.1) is 0 Å². The molecular formula is C56H42N2. The Balaban J connectivity index is 1.20. The van der Waals surface area contributed by atoms with Gasteiger partial charge in [0.1, 0.15) is 0 Å². The van der Waals surface area contributed by atoms with E-state index in [2.05, 4.69) is 242 Å². The van der Waals surface area contributed by atoms with Crippen LogP contribution in [0.3, 0.4) is 0 Å². The highest BCUT2D eigenvalue weighted by molar-refractivity contribution is 6.17. The molecule has 10 rings (SSSR count). The number of fused-ring (bicyclic) bond motifs is 3. The van der Waals surface area contributed by atoms with Crippen molar-refractivity contribution < 1.29 is 0 Å². The first-order chi connectivity index (χ1) is 28.6. The molecule has 0 fully saturated rings. The third-order valence-electron chi connectivity index (χ3n) is 11.3. The fraction of sp³-hybridized carbons (Fsp3) is 0.0357. The number of benzene rings is 9. The molecule has 0 unspecified atom stereocenters. The van der Waals surface area contributed by atoms with E-state index in [1.54, 1.807) is 0 Å². The molecule has 0 radical (unpaired) electrons. The summed E-state index contributed by atoms with van der Waals surface area (Å²) >= 11 is 0. The van der Waals surface area contributed by atoms with Gasteiger partial charge in [-0.1, -0.05) is 175 Å². The predicted octanol–water partition coefficient (Wildman–Crippen LogP) is 15.5. The molecule has 2 nitrogen and oxygen atoms in total. The van der Waals surface area contributed by atoms with Crippen molar-refractivity contribution in [2.45, 2.75) is 13.8 Å². The normalized spacial score (nSPS) is 11.3. The summed E-state index contributed by atoms with van der Waals surface area (Å²) in [6, 6.07) is 79.5. The Morgan fingerprint density at radius 3 is 1.43 bits per heavy atom. The minimum atomic E-state index is 1.10. The van der Waals surface area contributed by atoms with Gasteiger partial charge in [-0.25, -0.2) is 0 Å². The SMILES string of the molecule is Cc1cccc(-c2ccc(-n3c4ccccc4c4c(N(c5ccc(-c6ccccc6)cc5)c5ccc(-c6ccccc6)cc5)cccc43)c(-c3cccc(C)c3)c2)c1. The van der Waals surface area contributed by atoms with Crippen LogP contribution in [-0.2, 0) is 0 Å². The molecule has 0 saturated carbocycles. The molecular weight excluding hydrogens is 701 g/mol. The van der Waals surface area contributed by atoms with Crippen LogP contribution in [0.5, 0.6) is 0 Å². The maximum absolute atomic E-state index is 2.47. The Hall–Kier alpha value is -7.42. The van der Waals surface area contributed by atoms with Crippen LogP contribution in [-0.4, -0.2) is 4.57 Å². The Labute approximate surface area is 340 Å². The minimum Gasteiger partial charge on any atom is -0.310 e. The van der Waals surface area contributed by atoms with Crippen molar-refractivity contribution >= 4 is 38.9 Å². The van der Waals surface area contributed by atoms with Crippen molar-refractivity contribution in [2.24, 2.45) is 0 Å². The first-order valence-electron chi connectivity index (χ1n) is 20.0. The molecule has 9 aromatic carbocycles. The molecule has 0 spiro atoms. The van der Waals surface area contributed by atoms with Gasteiger partial charge in [-0.3, -0.25) is 0 Å². The molecule has 0 saturated heterocycles. The summed E-state index contributed by atoms with van der Waals surface area (Å²) in [6.45, 7) is 4.33. The van der Waals surface area contributed by atoms with E-state index in [1.807, 2.05) is 0 Å². The van der Waals surface area contributed by atoms with Crippen molar-refractivity contribution in [2.75, 3.05) is 4.90 Å². The quantitative estimate of drug-likeness (QED) is 0.150. The Morgan fingerprint density at radius 2 is 0.810 bits per heavy atom. The predicted molar refractivity (Wildman–Crippen MR) is 247 cm³/mol. The second-order valence-electron chi connectivity index (χ2n) is 15.2. The summed E-state index contributed by atoms with van der Waals surface area (Å²) in [6.07, 6.45) is 0. The van der Waals surface area contributed by atoms with Gasteiger partial charge in [-0.05, 0) is 107 Å². The van der Waals surface area contributed by atoms with E-state index in [0.29, 0.717) is 0 Å². The van der Waals surface area contributed by atoms with E-state index in [-0.39, 0.29) is 0 Å². The molecule has 0 aliphatic carbocycles. The highest BCUT2D eigenvalue weighted by atomic mass is 15.1. The lowest BCUT2D eigenvalue weighted by Gasteiger charge is -2.27. The Kier molecular flexibility index (Phi) is 9.01. The van der Waals surface area contributed by atoms with Gasteiger partial charge in [-0.2, -0.15) is 0 Å². The van der Waals surface area contributed by atoms with Gasteiger partial charge in [0, 0.05) is 27.7 Å². The molecule has 0 amide bonds. The van der Waals surface area contributed by atoms with E-state index in [9.17, 15) is 0 Å². The summed E-state index contributed by atoms with van der Waals surface area (Å²) < 4.78 is 2.47. The van der Waals surface area contributed by atoms with E-state index in [0.717, 1.165) is 28.3 Å². The molecule has 1 heterocycles. The number of aromatic nitrogens is 1. The Bertz CT molecular complexity index is 2970. The molecule has 10 aromatic rings. The lowest BCUT2D eigenvalue weighted by atomic mass is 9.95. The van der Waals surface area contributed by atoms with Crippen LogP contribution in [0.1, 0.15) is 11.1 Å². The zero-order chi connectivity index (χ0) is 39.0. The third kappa shape index (κ3) is 6.45. The standard InChI is InChI=1S/C56H42N2/c1-39-14-11-20-45(36-39)46-30-35-53(51(38-46)47-21-12-15-40(2)37-47)58-52-23-10-9-22-50(52)56-54(24-13-25-55(56)58)57(48-31-26-43(27-32-48)41-16-5-3-6-17-41)49-33-28-44(29-34-49)42-18-7-4-8-19-42/h3-38H,1-2H3. The molecule has 2 heteroatoms. The molecule has 276 valence electrons. The maximum Gasteiger partial charge on any atom is 0.0562 e. The number of nitrogens with zero attached hydrogens (tertiary/aromatic N) is 2. The second kappa shape index (κ2) is 14.9. The van der Waals surface area contributed by atoms with Gasteiger partial charge < -0.3 is 9.47 Å². The largest absolute Gasteiger partial charge is 0.310 e. The van der Waals surface area contributed by atoms with Crippen LogP contribution in [0.4, 0.5) is 17.1 Å². The van der Waals surface area contributed by atoms with Crippen LogP contribution in [0.2, 0.25) is 0 Å². The summed E-state index contributed by atoms with van der Waals surface area (Å²) in [4.78, 5) is 2.42. The van der Waals surface area contributed by atoms with Crippen LogP contribution < -0.4 is 4.90 Å². The zero-order valence-electron chi connectivity index (χ0n) is 32.7. The fourth-order valence-corrected chi connectivity index (χ4v) is 8.52. The van der Waals surface area contributed by atoms with E-state index in [4.69, 9.17) is 0 Å². The minimum absolute atomic E-state index is 1.10. The molecule has 0 atom stereocenters. The van der Waals surface area contributed by atoms with Crippen LogP contribution in [0.15, 0.2) is 218 Å². The molecule has 0 N–H and O–H groups in total. The van der Waals surface area contributed by atoms with Crippen LogP contribution in [0, 0.1) is 13.8 Å². The molecule has 0 aliphatic heterocycles. The third-order valence-corrected chi connectivity index (χ3v) is 11.3. The summed E-state index contributed by atoms with van der Waals surface area (Å²) in [5, 5.41) is 2.41. The Morgan fingerprint density at radius 1 is 0.345 bits per heavy atom. The number of anilines is 3. The van der Waals surface area contributed by atoms with E-state index < -0.39 is 0 Å². The molecule has 58 heavy (non-hydrogen) atoms. The average Bonchev–Trinajstić information content (AvgIpc) is 3.62. The molecule has 0 aliphatic rings. The van der Waals surface area contributed by atoms with Crippen LogP contribution in [0.25, 0.3) is 72.0 Å². The highest BCUT2D eigenvalue weighted by Crippen LogP contribution is 2.46. The topological polar surface area (TPSA) is 8.17 Å². The lowest BCUT2D eigenvalue weighted by Crippen LogP contribution is -2.10. The number of aryl methyl sites for hydroxylation is 2. The van der Waals surface area contributed by atoms with Gasteiger partial charge in [0.05, 0.1) is 22.4 Å². The van der Waals surface area contributed by atoms with Gasteiger partial charge >= 0.3 is 0 Å². The van der Waals surface area contributed by atoms with Gasteiger partial charge in [0.2, 0.25) is 0 Å². The number of rotatable bonds is 8. The monoisotopic (exact) mass is 742 g/mol. The molecule has 0 bridgehead atoms. The van der Waals surface area contributed by atoms with Crippen LogP contribution >= 0.6 is 0 Å². The first-order valence-corrected chi connectivity index (χ1v) is 20.0. The zero-order valence-corrected chi connectivity index (χ0v) is 32.7. The number of hydrogen-bond donors (Lipinski definition) is 0. The van der Waals surface area contributed by atoms with E-state index in [1.165, 1.54) is 71.9 Å². The van der Waals surface area contributed by atoms with Crippen molar-refractivity contribution in [3.63, 3.8) is 0 Å². The number of para-hydroxylation sites is 1.